The predicted octanol–water partition coefficient (Wildman–Crippen LogP) is 1.72. The van der Waals surface area contributed by atoms with Gasteiger partial charge in [-0.1, -0.05) is 24.3 Å². The summed E-state index contributed by atoms with van der Waals surface area (Å²) in [5.41, 5.74) is 2.03. The topological polar surface area (TPSA) is 84.3 Å². The fourth-order valence-corrected chi connectivity index (χ4v) is 1.91. The molecule has 2 rings (SSSR count). The average Bonchev–Trinajstić information content (AvgIpc) is 2.52. The van der Waals surface area contributed by atoms with E-state index in [0.717, 1.165) is 11.1 Å². The number of ether oxygens (including phenoxy) is 1. The minimum absolute atomic E-state index is 0.141. The fraction of sp³-hybridized carbons (Fsp3) is 0.267. The molecule has 0 saturated carbocycles. The summed E-state index contributed by atoms with van der Waals surface area (Å²) in [6, 6.07) is 10.8. The number of aryl methyl sites for hydroxylation is 1. The van der Waals surface area contributed by atoms with Gasteiger partial charge in [-0.15, -0.1) is 10.2 Å². The van der Waals surface area contributed by atoms with E-state index in [1.807, 2.05) is 31.2 Å². The fourth-order valence-electron chi connectivity index (χ4n) is 1.91. The molecule has 21 heavy (non-hydrogen) atoms. The highest BCUT2D eigenvalue weighted by molar-refractivity contribution is 5.86. The van der Waals surface area contributed by atoms with Crippen molar-refractivity contribution in [2.75, 3.05) is 19.0 Å². The molecule has 1 atom stereocenters. The van der Waals surface area contributed by atoms with Gasteiger partial charge in [0.25, 0.3) is 0 Å². The lowest BCUT2D eigenvalue weighted by Crippen LogP contribution is -2.15. The number of hydrogen-bond donors (Lipinski definition) is 2. The first-order valence-electron chi connectivity index (χ1n) is 6.51. The van der Waals surface area contributed by atoms with E-state index in [9.17, 15) is 9.90 Å². The first-order valence-corrected chi connectivity index (χ1v) is 6.51. The van der Waals surface area contributed by atoms with Gasteiger partial charge in [-0.3, -0.25) is 0 Å². The molecule has 6 heteroatoms. The number of benzene rings is 1. The van der Waals surface area contributed by atoms with Crippen molar-refractivity contribution in [3.63, 3.8) is 0 Å². The van der Waals surface area contributed by atoms with Crippen LogP contribution in [0.15, 0.2) is 36.4 Å². The van der Waals surface area contributed by atoms with E-state index in [4.69, 9.17) is 0 Å². The number of aliphatic hydroxyl groups excluding tert-OH is 1. The van der Waals surface area contributed by atoms with Gasteiger partial charge in [0, 0.05) is 6.54 Å². The van der Waals surface area contributed by atoms with Gasteiger partial charge in [-0.2, -0.15) is 0 Å². The molecule has 6 nitrogen and oxygen atoms in total. The molecule has 1 aromatic carbocycles. The first kappa shape index (κ1) is 14.9. The van der Waals surface area contributed by atoms with Crippen molar-refractivity contribution >= 4 is 11.8 Å². The number of nitrogens with zero attached hydrogens (tertiary/aromatic N) is 2. The number of nitrogens with one attached hydrogen (secondary N) is 1. The highest BCUT2D eigenvalue weighted by Crippen LogP contribution is 2.17. The number of methoxy groups -OCH3 is 1. The molecule has 0 aliphatic heterocycles. The number of carbonyl (C=O) groups is 1. The lowest BCUT2D eigenvalue weighted by Gasteiger charge is -2.14. The van der Waals surface area contributed by atoms with Crippen LogP contribution >= 0.6 is 0 Å². The van der Waals surface area contributed by atoms with Gasteiger partial charge < -0.3 is 15.2 Å². The molecule has 2 N–H and O–H groups in total. The Balaban J connectivity index is 1.97. The average molecular weight is 287 g/mol. The summed E-state index contributed by atoms with van der Waals surface area (Å²) in [5, 5.41) is 20.7. The number of hydrogen-bond acceptors (Lipinski definition) is 6. The lowest BCUT2D eigenvalue weighted by atomic mass is 10.0. The molecule has 2 aromatic rings. The maximum absolute atomic E-state index is 11.2. The van der Waals surface area contributed by atoms with E-state index in [1.165, 1.54) is 13.2 Å². The number of aromatic nitrogens is 2. The zero-order chi connectivity index (χ0) is 15.2. The van der Waals surface area contributed by atoms with Crippen molar-refractivity contribution in [2.45, 2.75) is 13.0 Å². The van der Waals surface area contributed by atoms with Crippen LogP contribution in [0.5, 0.6) is 0 Å². The molecule has 0 saturated heterocycles. The van der Waals surface area contributed by atoms with Gasteiger partial charge in [0.15, 0.2) is 5.69 Å². The highest BCUT2D eigenvalue weighted by atomic mass is 16.5. The van der Waals surface area contributed by atoms with Gasteiger partial charge in [-0.25, -0.2) is 4.79 Å². The molecule has 0 aliphatic rings. The maximum atomic E-state index is 11.2. The third-order valence-electron chi connectivity index (χ3n) is 3.08. The second kappa shape index (κ2) is 6.81. The maximum Gasteiger partial charge on any atom is 0.358 e. The van der Waals surface area contributed by atoms with Crippen molar-refractivity contribution in [1.29, 1.82) is 0 Å². The molecule has 1 unspecified atom stereocenters. The summed E-state index contributed by atoms with van der Waals surface area (Å²) in [4.78, 5) is 11.2. The molecular formula is C15H17N3O3. The molecule has 0 amide bonds. The summed E-state index contributed by atoms with van der Waals surface area (Å²) in [6.45, 7) is 2.25. The zero-order valence-electron chi connectivity index (χ0n) is 11.9. The van der Waals surface area contributed by atoms with Gasteiger partial charge in [0.2, 0.25) is 0 Å². The Bertz CT molecular complexity index is 614. The number of aliphatic hydroxyl groups is 1. The number of esters is 1. The quantitative estimate of drug-likeness (QED) is 0.815. The van der Waals surface area contributed by atoms with Crippen LogP contribution in [0.1, 0.15) is 27.7 Å². The number of carbonyl (C=O) groups excluding carboxylic acids is 1. The van der Waals surface area contributed by atoms with E-state index in [1.54, 1.807) is 6.07 Å². The molecule has 1 aromatic heterocycles. The van der Waals surface area contributed by atoms with Gasteiger partial charge in [0.1, 0.15) is 5.82 Å². The molecular weight excluding hydrogens is 270 g/mol. The smallest absolute Gasteiger partial charge is 0.358 e. The van der Waals surface area contributed by atoms with Crippen LogP contribution in [0.2, 0.25) is 0 Å². The standard InChI is InChI=1S/C15H17N3O3/c1-10-5-3-4-6-11(10)13(19)9-16-14-8-7-12(17-18-14)15(20)21-2/h3-8,13,19H,9H2,1-2H3,(H,16,18). The van der Waals surface area contributed by atoms with Gasteiger partial charge >= 0.3 is 5.97 Å². The Morgan fingerprint density at radius 2 is 2.05 bits per heavy atom. The number of rotatable bonds is 5. The largest absolute Gasteiger partial charge is 0.464 e. The molecule has 0 radical (unpaired) electrons. The first-order chi connectivity index (χ1) is 10.1. The van der Waals surface area contributed by atoms with E-state index in [0.29, 0.717) is 12.4 Å². The molecule has 0 fully saturated rings. The Morgan fingerprint density at radius 1 is 1.29 bits per heavy atom. The molecule has 0 spiro atoms. The summed E-state index contributed by atoms with van der Waals surface area (Å²) >= 11 is 0. The normalized spacial score (nSPS) is 11.8. The van der Waals surface area contributed by atoms with Crippen LogP contribution in [-0.2, 0) is 4.74 Å². The molecule has 110 valence electrons. The van der Waals surface area contributed by atoms with Crippen LogP contribution in [0, 0.1) is 6.92 Å². The SMILES string of the molecule is COC(=O)c1ccc(NCC(O)c2ccccc2C)nn1. The van der Waals surface area contributed by atoms with Crippen LogP contribution in [-0.4, -0.2) is 34.9 Å². The van der Waals surface area contributed by atoms with Crippen LogP contribution in [0.4, 0.5) is 5.82 Å². The molecule has 1 heterocycles. The monoisotopic (exact) mass is 287 g/mol. The van der Waals surface area contributed by atoms with Gasteiger partial charge in [-0.05, 0) is 30.2 Å². The Labute approximate surface area is 122 Å². The minimum Gasteiger partial charge on any atom is -0.464 e. The molecule has 0 aliphatic carbocycles. The van der Waals surface area contributed by atoms with Crippen LogP contribution in [0.25, 0.3) is 0 Å². The van der Waals surface area contributed by atoms with Crippen molar-refractivity contribution in [2.24, 2.45) is 0 Å². The van der Waals surface area contributed by atoms with Crippen molar-refractivity contribution < 1.29 is 14.6 Å². The summed E-state index contributed by atoms with van der Waals surface area (Å²) in [5.74, 6) is -0.0516. The third-order valence-corrected chi connectivity index (χ3v) is 3.08. The summed E-state index contributed by atoms with van der Waals surface area (Å²) in [7, 11) is 1.29. The number of anilines is 1. The molecule has 0 bridgehead atoms. The van der Waals surface area contributed by atoms with E-state index >= 15 is 0 Å². The second-order valence-electron chi connectivity index (χ2n) is 4.55. The van der Waals surface area contributed by atoms with E-state index in [2.05, 4.69) is 20.3 Å². The highest BCUT2D eigenvalue weighted by Gasteiger charge is 2.11. The minimum atomic E-state index is -0.645. The van der Waals surface area contributed by atoms with Gasteiger partial charge in [0.05, 0.1) is 13.2 Å². The zero-order valence-corrected chi connectivity index (χ0v) is 11.9. The second-order valence-corrected chi connectivity index (χ2v) is 4.55. The Kier molecular flexibility index (Phi) is 4.84. The van der Waals surface area contributed by atoms with Crippen molar-refractivity contribution in [3.8, 4) is 0 Å². The van der Waals surface area contributed by atoms with E-state index < -0.39 is 12.1 Å². The van der Waals surface area contributed by atoms with Crippen LogP contribution < -0.4 is 5.32 Å². The third kappa shape index (κ3) is 3.76. The van der Waals surface area contributed by atoms with Crippen molar-refractivity contribution in [1.82, 2.24) is 10.2 Å². The summed E-state index contributed by atoms with van der Waals surface area (Å²) in [6.07, 6.45) is -0.645. The van der Waals surface area contributed by atoms with E-state index in [-0.39, 0.29) is 5.69 Å². The summed E-state index contributed by atoms with van der Waals surface area (Å²) < 4.78 is 4.54. The predicted molar refractivity (Wildman–Crippen MR) is 78.0 cm³/mol. The lowest BCUT2D eigenvalue weighted by molar-refractivity contribution is 0.0592. The van der Waals surface area contributed by atoms with Crippen molar-refractivity contribution in [3.05, 3.63) is 53.2 Å². The Hall–Kier alpha value is -2.47. The van der Waals surface area contributed by atoms with Crippen LogP contribution in [0.3, 0.4) is 0 Å². The Morgan fingerprint density at radius 3 is 2.67 bits per heavy atom.